The van der Waals surface area contributed by atoms with Crippen LogP contribution in [0, 0.1) is 5.41 Å². The highest BCUT2D eigenvalue weighted by Crippen LogP contribution is 2.71. The second-order valence-electron chi connectivity index (χ2n) is 4.23. The van der Waals surface area contributed by atoms with E-state index in [9.17, 15) is 4.79 Å². The van der Waals surface area contributed by atoms with Gasteiger partial charge in [0.05, 0.1) is 11.5 Å². The fourth-order valence-electron chi connectivity index (χ4n) is 2.88. The van der Waals surface area contributed by atoms with Crippen molar-refractivity contribution in [2.45, 2.75) is 18.4 Å². The second kappa shape index (κ2) is 2.45. The summed E-state index contributed by atoms with van der Waals surface area (Å²) in [6.45, 7) is 0. The van der Waals surface area contributed by atoms with Crippen LogP contribution in [0.5, 0.6) is 0 Å². The average molecular weight is 188 g/mol. The van der Waals surface area contributed by atoms with Gasteiger partial charge < -0.3 is 9.53 Å². The van der Waals surface area contributed by atoms with Gasteiger partial charge in [0.25, 0.3) is 0 Å². The van der Waals surface area contributed by atoms with Crippen molar-refractivity contribution in [3.05, 3.63) is 35.4 Å². The van der Waals surface area contributed by atoms with Crippen LogP contribution in [0.25, 0.3) is 0 Å². The van der Waals surface area contributed by atoms with E-state index in [2.05, 4.69) is 12.1 Å². The first kappa shape index (κ1) is 8.18. The number of aldehydes is 1. The van der Waals surface area contributed by atoms with Crippen molar-refractivity contribution in [2.24, 2.45) is 5.41 Å². The number of carbonyl (C=O) groups excluding carboxylic acids is 1. The molecule has 0 N–H and O–H groups in total. The van der Waals surface area contributed by atoms with Crippen molar-refractivity contribution in [3.63, 3.8) is 0 Å². The fourth-order valence-corrected chi connectivity index (χ4v) is 2.88. The Kier molecular flexibility index (Phi) is 1.43. The first-order valence-electron chi connectivity index (χ1n) is 4.91. The Bertz CT molecular complexity index is 399. The lowest BCUT2D eigenvalue weighted by Crippen LogP contribution is -2.14. The van der Waals surface area contributed by atoms with E-state index in [1.165, 1.54) is 11.1 Å². The van der Waals surface area contributed by atoms with Gasteiger partial charge in [-0.15, -0.1) is 0 Å². The van der Waals surface area contributed by atoms with Crippen LogP contribution in [0.4, 0.5) is 0 Å². The van der Waals surface area contributed by atoms with Gasteiger partial charge in [-0.25, -0.2) is 0 Å². The number of hydrogen-bond donors (Lipinski definition) is 0. The van der Waals surface area contributed by atoms with Crippen LogP contribution in [0.1, 0.15) is 29.6 Å². The Hall–Kier alpha value is -1.15. The topological polar surface area (TPSA) is 26.3 Å². The molecule has 0 aromatic heterocycles. The van der Waals surface area contributed by atoms with Crippen LogP contribution in [-0.2, 0) is 9.53 Å². The highest BCUT2D eigenvalue weighted by atomic mass is 16.5. The zero-order valence-corrected chi connectivity index (χ0v) is 8.07. The van der Waals surface area contributed by atoms with Crippen LogP contribution in [0.2, 0.25) is 0 Å². The maximum Gasteiger partial charge on any atom is 0.129 e. The standard InChI is InChI=1S/C12H12O2/c1-14-11-9-5-3-2-4-8(9)10-6-12(10,11)7-13/h2-5,7,10-11H,6H2,1H3/t10-,11+,12+/m0/s1. The van der Waals surface area contributed by atoms with E-state index >= 15 is 0 Å². The number of fused-ring (bicyclic) bond motifs is 3. The summed E-state index contributed by atoms with van der Waals surface area (Å²) in [5.74, 6) is 0.418. The van der Waals surface area contributed by atoms with Crippen LogP contribution in [-0.4, -0.2) is 13.4 Å². The van der Waals surface area contributed by atoms with Crippen LogP contribution >= 0.6 is 0 Å². The highest BCUT2D eigenvalue weighted by Gasteiger charge is 2.66. The minimum Gasteiger partial charge on any atom is -0.376 e. The minimum absolute atomic E-state index is 0.0128. The summed E-state index contributed by atoms with van der Waals surface area (Å²) in [5.41, 5.74) is 2.29. The highest BCUT2D eigenvalue weighted by molar-refractivity contribution is 5.73. The molecule has 0 radical (unpaired) electrons. The van der Waals surface area contributed by atoms with Gasteiger partial charge in [-0.05, 0) is 17.5 Å². The smallest absolute Gasteiger partial charge is 0.129 e. The molecule has 14 heavy (non-hydrogen) atoms. The Morgan fingerprint density at radius 3 is 2.79 bits per heavy atom. The molecule has 2 heteroatoms. The lowest BCUT2D eigenvalue weighted by atomic mass is 9.99. The molecule has 1 saturated carbocycles. The summed E-state index contributed by atoms with van der Waals surface area (Å²) in [6.07, 6.45) is 2.04. The van der Waals surface area contributed by atoms with Crippen molar-refractivity contribution in [2.75, 3.05) is 7.11 Å². The van der Waals surface area contributed by atoms with Crippen LogP contribution in [0.15, 0.2) is 24.3 Å². The zero-order valence-electron chi connectivity index (χ0n) is 8.07. The molecule has 72 valence electrons. The summed E-state index contributed by atoms with van der Waals surface area (Å²) in [6, 6.07) is 8.23. The van der Waals surface area contributed by atoms with Gasteiger partial charge in [-0.3, -0.25) is 0 Å². The molecule has 0 amide bonds. The van der Waals surface area contributed by atoms with Gasteiger partial charge >= 0.3 is 0 Å². The van der Waals surface area contributed by atoms with E-state index in [0.717, 1.165) is 12.7 Å². The average Bonchev–Trinajstić information content (AvgIpc) is 2.91. The molecule has 1 fully saturated rings. The molecule has 3 atom stereocenters. The summed E-state index contributed by atoms with van der Waals surface area (Å²) < 4.78 is 5.45. The maximum absolute atomic E-state index is 11.1. The quantitative estimate of drug-likeness (QED) is 0.664. The number of ether oxygens (including phenoxy) is 1. The van der Waals surface area contributed by atoms with Crippen molar-refractivity contribution >= 4 is 6.29 Å². The van der Waals surface area contributed by atoms with E-state index in [0.29, 0.717) is 5.92 Å². The first-order chi connectivity index (χ1) is 6.83. The van der Waals surface area contributed by atoms with Crippen molar-refractivity contribution < 1.29 is 9.53 Å². The fraction of sp³-hybridized carbons (Fsp3) is 0.417. The molecule has 3 rings (SSSR count). The summed E-state index contributed by atoms with van der Waals surface area (Å²) in [5, 5.41) is 0. The van der Waals surface area contributed by atoms with Gasteiger partial charge in [-0.2, -0.15) is 0 Å². The monoisotopic (exact) mass is 188 g/mol. The normalized spacial score (nSPS) is 37.5. The molecule has 0 bridgehead atoms. The summed E-state index contributed by atoms with van der Waals surface area (Å²) >= 11 is 0. The Labute approximate surface area is 82.9 Å². The molecular weight excluding hydrogens is 176 g/mol. The predicted octanol–water partition coefficient (Wildman–Crippen LogP) is 2.06. The Balaban J connectivity index is 2.15. The maximum atomic E-state index is 11.1. The van der Waals surface area contributed by atoms with E-state index in [1.807, 2.05) is 12.1 Å². The van der Waals surface area contributed by atoms with Gasteiger partial charge in [0.1, 0.15) is 6.29 Å². The molecule has 0 spiro atoms. The zero-order chi connectivity index (χ0) is 9.76. The molecule has 2 nitrogen and oxygen atoms in total. The molecule has 0 aliphatic heterocycles. The van der Waals surface area contributed by atoms with Crippen LogP contribution in [0.3, 0.4) is 0 Å². The van der Waals surface area contributed by atoms with Gasteiger partial charge in [0.2, 0.25) is 0 Å². The Morgan fingerprint density at radius 1 is 1.43 bits per heavy atom. The second-order valence-corrected chi connectivity index (χ2v) is 4.23. The lowest BCUT2D eigenvalue weighted by molar-refractivity contribution is -0.117. The van der Waals surface area contributed by atoms with Crippen molar-refractivity contribution in [3.8, 4) is 0 Å². The molecule has 0 unspecified atom stereocenters. The first-order valence-corrected chi connectivity index (χ1v) is 4.91. The van der Waals surface area contributed by atoms with Crippen molar-refractivity contribution in [1.29, 1.82) is 0 Å². The SMILES string of the molecule is CO[C@@H]1c2ccccc2[C@@H]2C[C@]12C=O. The molecule has 2 aliphatic rings. The summed E-state index contributed by atoms with van der Waals surface area (Å²) in [4.78, 5) is 11.1. The molecule has 0 saturated heterocycles. The minimum atomic E-state index is -0.224. The molecule has 0 heterocycles. The number of methoxy groups -OCH3 is 1. The number of benzene rings is 1. The van der Waals surface area contributed by atoms with E-state index in [1.54, 1.807) is 7.11 Å². The number of carbonyl (C=O) groups is 1. The van der Waals surface area contributed by atoms with Crippen molar-refractivity contribution in [1.82, 2.24) is 0 Å². The lowest BCUT2D eigenvalue weighted by Gasteiger charge is -2.17. The van der Waals surface area contributed by atoms with Gasteiger partial charge in [0.15, 0.2) is 0 Å². The third kappa shape index (κ3) is 0.735. The van der Waals surface area contributed by atoms with Gasteiger partial charge in [0, 0.05) is 13.0 Å². The Morgan fingerprint density at radius 2 is 2.14 bits per heavy atom. The predicted molar refractivity (Wildman–Crippen MR) is 52.0 cm³/mol. The van der Waals surface area contributed by atoms with E-state index in [-0.39, 0.29) is 11.5 Å². The third-order valence-corrected chi connectivity index (χ3v) is 3.64. The molecular formula is C12H12O2. The largest absolute Gasteiger partial charge is 0.376 e. The van der Waals surface area contributed by atoms with E-state index < -0.39 is 0 Å². The number of hydrogen-bond acceptors (Lipinski definition) is 2. The third-order valence-electron chi connectivity index (χ3n) is 3.64. The summed E-state index contributed by atoms with van der Waals surface area (Å²) in [7, 11) is 1.69. The number of rotatable bonds is 2. The molecule has 1 aromatic carbocycles. The molecule has 2 aliphatic carbocycles. The van der Waals surface area contributed by atoms with Gasteiger partial charge in [-0.1, -0.05) is 24.3 Å². The van der Waals surface area contributed by atoms with E-state index in [4.69, 9.17) is 4.74 Å². The molecule has 1 aromatic rings. The van der Waals surface area contributed by atoms with Crippen LogP contribution < -0.4 is 0 Å².